The molecule has 0 fully saturated rings. The van der Waals surface area contributed by atoms with Crippen molar-refractivity contribution in [3.8, 4) is 0 Å². The second kappa shape index (κ2) is 8.47. The molecule has 0 amide bonds. The monoisotopic (exact) mass is 296 g/mol. The molecular formula is C17H29FN2O. The Bertz CT molecular complexity index is 425. The second-order valence-electron chi connectivity index (χ2n) is 6.14. The maximum Gasteiger partial charge on any atom is 0.129 e. The lowest BCUT2D eigenvalue weighted by molar-refractivity contribution is 0.0706. The third-order valence-corrected chi connectivity index (χ3v) is 3.94. The number of nitrogens with zero attached hydrogens (tertiary/aromatic N) is 2. The fraction of sp³-hybridized carbons (Fsp3) is 0.647. The van der Waals surface area contributed by atoms with E-state index >= 15 is 0 Å². The number of rotatable bonds is 8. The molecule has 1 aromatic carbocycles. The van der Waals surface area contributed by atoms with Gasteiger partial charge >= 0.3 is 0 Å². The molecule has 0 saturated carbocycles. The number of likely N-dealkylation sites (N-methyl/N-ethyl adjacent to an activating group) is 2. The smallest absolute Gasteiger partial charge is 0.129 e. The first kappa shape index (κ1) is 18.1. The quantitative estimate of drug-likeness (QED) is 0.799. The van der Waals surface area contributed by atoms with Gasteiger partial charge in [0.05, 0.1) is 6.10 Å². The summed E-state index contributed by atoms with van der Waals surface area (Å²) in [5, 5.41) is 10.4. The number of benzene rings is 1. The highest BCUT2D eigenvalue weighted by Gasteiger charge is 2.23. The molecular weight excluding hydrogens is 267 g/mol. The zero-order valence-electron chi connectivity index (χ0n) is 13.9. The van der Waals surface area contributed by atoms with E-state index in [1.165, 1.54) is 6.07 Å². The number of aliphatic hydroxyl groups excluding tert-OH is 1. The van der Waals surface area contributed by atoms with E-state index in [2.05, 4.69) is 37.7 Å². The van der Waals surface area contributed by atoms with Crippen molar-refractivity contribution in [2.75, 3.05) is 33.7 Å². The van der Waals surface area contributed by atoms with Crippen LogP contribution in [0.2, 0.25) is 0 Å². The molecule has 0 aliphatic rings. The van der Waals surface area contributed by atoms with Crippen molar-refractivity contribution in [2.45, 2.75) is 32.9 Å². The number of halogens is 1. The lowest BCUT2D eigenvalue weighted by Crippen LogP contribution is -2.42. The number of hydrogen-bond donors (Lipinski definition) is 1. The van der Waals surface area contributed by atoms with Crippen LogP contribution in [0, 0.1) is 11.7 Å². The lowest BCUT2D eigenvalue weighted by atomic mass is 9.96. The summed E-state index contributed by atoms with van der Waals surface area (Å²) < 4.78 is 13.8. The Hall–Kier alpha value is -0.970. The van der Waals surface area contributed by atoms with Gasteiger partial charge in [-0.25, -0.2) is 4.39 Å². The molecule has 0 aliphatic heterocycles. The van der Waals surface area contributed by atoms with E-state index < -0.39 is 6.10 Å². The Morgan fingerprint density at radius 2 is 1.76 bits per heavy atom. The Balaban J connectivity index is 2.69. The predicted octanol–water partition coefficient (Wildman–Crippen LogP) is 2.77. The van der Waals surface area contributed by atoms with Crippen LogP contribution in [0.25, 0.3) is 0 Å². The van der Waals surface area contributed by atoms with Crippen LogP contribution in [-0.4, -0.2) is 54.7 Å². The summed E-state index contributed by atoms with van der Waals surface area (Å²) in [5.41, 5.74) is 0.390. The summed E-state index contributed by atoms with van der Waals surface area (Å²) >= 11 is 0. The molecule has 0 bridgehead atoms. The van der Waals surface area contributed by atoms with Crippen molar-refractivity contribution in [1.29, 1.82) is 0 Å². The first-order valence-corrected chi connectivity index (χ1v) is 7.68. The highest BCUT2D eigenvalue weighted by atomic mass is 19.1. The summed E-state index contributed by atoms with van der Waals surface area (Å²) in [4.78, 5) is 4.49. The zero-order chi connectivity index (χ0) is 16.0. The van der Waals surface area contributed by atoms with Crippen LogP contribution in [0.1, 0.15) is 32.4 Å². The Kier molecular flexibility index (Phi) is 7.29. The fourth-order valence-electron chi connectivity index (χ4n) is 2.76. The van der Waals surface area contributed by atoms with Gasteiger partial charge in [-0.05, 0) is 39.5 Å². The molecule has 21 heavy (non-hydrogen) atoms. The standard InChI is InChI=1S/C17H29FN2O/c1-6-20(14(3)12-19(4)5)11-13(2)17(21)15-9-7-8-10-16(15)18/h7-10,13-14,17,21H,6,11-12H2,1-5H3. The number of aliphatic hydroxyl groups is 1. The third-order valence-electron chi connectivity index (χ3n) is 3.94. The van der Waals surface area contributed by atoms with Gasteiger partial charge in [0.1, 0.15) is 5.82 Å². The SMILES string of the molecule is CCN(CC(C)C(O)c1ccccc1F)C(C)CN(C)C. The van der Waals surface area contributed by atoms with Crippen molar-refractivity contribution >= 4 is 0 Å². The normalized spacial score (nSPS) is 16.2. The van der Waals surface area contributed by atoms with Crippen LogP contribution in [-0.2, 0) is 0 Å². The molecule has 0 radical (unpaired) electrons. The van der Waals surface area contributed by atoms with Gasteiger partial charge in [-0.3, -0.25) is 4.90 Å². The highest BCUT2D eigenvalue weighted by molar-refractivity contribution is 5.20. The van der Waals surface area contributed by atoms with Gasteiger partial charge in [-0.2, -0.15) is 0 Å². The van der Waals surface area contributed by atoms with Gasteiger partial charge in [0.15, 0.2) is 0 Å². The van der Waals surface area contributed by atoms with Gasteiger partial charge in [-0.15, -0.1) is 0 Å². The van der Waals surface area contributed by atoms with Gasteiger partial charge in [0, 0.05) is 24.7 Å². The fourth-order valence-corrected chi connectivity index (χ4v) is 2.76. The van der Waals surface area contributed by atoms with E-state index in [0.717, 1.165) is 19.6 Å². The molecule has 1 rings (SSSR count). The van der Waals surface area contributed by atoms with Crippen molar-refractivity contribution in [2.24, 2.45) is 5.92 Å². The second-order valence-corrected chi connectivity index (χ2v) is 6.14. The first-order valence-electron chi connectivity index (χ1n) is 7.68. The van der Waals surface area contributed by atoms with Crippen LogP contribution in [0.5, 0.6) is 0 Å². The largest absolute Gasteiger partial charge is 0.388 e. The summed E-state index contributed by atoms with van der Waals surface area (Å²) in [6, 6.07) is 6.88. The zero-order valence-corrected chi connectivity index (χ0v) is 13.9. The summed E-state index contributed by atoms with van der Waals surface area (Å²) in [6.45, 7) is 8.92. The van der Waals surface area contributed by atoms with Crippen molar-refractivity contribution in [3.63, 3.8) is 0 Å². The van der Waals surface area contributed by atoms with E-state index in [-0.39, 0.29) is 11.7 Å². The van der Waals surface area contributed by atoms with Crippen molar-refractivity contribution < 1.29 is 9.50 Å². The summed E-state index contributed by atoms with van der Waals surface area (Å²) in [7, 11) is 4.12. The molecule has 0 saturated heterocycles. The molecule has 4 heteroatoms. The molecule has 3 unspecified atom stereocenters. The van der Waals surface area contributed by atoms with Crippen LogP contribution in [0.3, 0.4) is 0 Å². The van der Waals surface area contributed by atoms with Crippen LogP contribution >= 0.6 is 0 Å². The van der Waals surface area contributed by atoms with E-state index in [0.29, 0.717) is 11.6 Å². The molecule has 0 heterocycles. The maximum absolute atomic E-state index is 13.8. The van der Waals surface area contributed by atoms with Crippen molar-refractivity contribution in [3.05, 3.63) is 35.6 Å². The molecule has 0 spiro atoms. The Morgan fingerprint density at radius 3 is 2.29 bits per heavy atom. The molecule has 1 aromatic rings. The van der Waals surface area contributed by atoms with Gasteiger partial charge < -0.3 is 10.0 Å². The molecule has 3 atom stereocenters. The van der Waals surface area contributed by atoms with E-state index in [9.17, 15) is 9.50 Å². The predicted molar refractivity (Wildman–Crippen MR) is 85.8 cm³/mol. The van der Waals surface area contributed by atoms with Crippen molar-refractivity contribution in [1.82, 2.24) is 9.80 Å². The van der Waals surface area contributed by atoms with Crippen LogP contribution in [0.15, 0.2) is 24.3 Å². The summed E-state index contributed by atoms with van der Waals surface area (Å²) in [6.07, 6.45) is -0.771. The molecule has 3 nitrogen and oxygen atoms in total. The molecule has 0 aromatic heterocycles. The van der Waals surface area contributed by atoms with E-state index in [1.54, 1.807) is 18.2 Å². The lowest BCUT2D eigenvalue weighted by Gasteiger charge is -2.33. The van der Waals surface area contributed by atoms with E-state index in [4.69, 9.17) is 0 Å². The molecule has 0 aliphatic carbocycles. The minimum absolute atomic E-state index is 0.0218. The average molecular weight is 296 g/mol. The Morgan fingerprint density at radius 1 is 1.14 bits per heavy atom. The van der Waals surface area contributed by atoms with Gasteiger partial charge in [0.2, 0.25) is 0 Å². The Labute approximate surface area is 128 Å². The maximum atomic E-state index is 13.8. The van der Waals surface area contributed by atoms with Crippen LogP contribution < -0.4 is 0 Å². The molecule has 1 N–H and O–H groups in total. The molecule has 120 valence electrons. The third kappa shape index (κ3) is 5.38. The average Bonchev–Trinajstić information content (AvgIpc) is 2.43. The minimum atomic E-state index is -0.771. The topological polar surface area (TPSA) is 26.7 Å². The minimum Gasteiger partial charge on any atom is -0.388 e. The first-order chi connectivity index (χ1) is 9.86. The summed E-state index contributed by atoms with van der Waals surface area (Å²) in [5.74, 6) is -0.354. The van der Waals surface area contributed by atoms with Crippen LogP contribution in [0.4, 0.5) is 4.39 Å². The highest BCUT2D eigenvalue weighted by Crippen LogP contribution is 2.25. The van der Waals surface area contributed by atoms with E-state index in [1.807, 2.05) is 6.92 Å². The van der Waals surface area contributed by atoms with Gasteiger partial charge in [0.25, 0.3) is 0 Å². The number of hydrogen-bond acceptors (Lipinski definition) is 3. The van der Waals surface area contributed by atoms with Gasteiger partial charge in [-0.1, -0.05) is 32.0 Å².